The first kappa shape index (κ1) is 19.9. The van der Waals surface area contributed by atoms with Gasteiger partial charge in [-0.3, -0.25) is 19.4 Å². The van der Waals surface area contributed by atoms with E-state index in [0.29, 0.717) is 13.1 Å². The summed E-state index contributed by atoms with van der Waals surface area (Å²) in [6.45, 7) is 5.18. The molecule has 4 heteroatoms. The Balaban J connectivity index is 1.43. The van der Waals surface area contributed by atoms with Gasteiger partial charge >= 0.3 is 0 Å². The van der Waals surface area contributed by atoms with Crippen LogP contribution in [0.1, 0.15) is 70.4 Å². The topological polar surface area (TPSA) is 40.6 Å². The van der Waals surface area contributed by atoms with E-state index in [-0.39, 0.29) is 11.6 Å². The van der Waals surface area contributed by atoms with Crippen LogP contribution in [0.2, 0.25) is 0 Å². The number of hydrogen-bond acceptors (Lipinski definition) is 4. The maximum absolute atomic E-state index is 13.1. The van der Waals surface area contributed by atoms with E-state index in [1.54, 1.807) is 0 Å². The molecule has 2 aromatic carbocycles. The number of likely N-dealkylation sites (tertiary alicyclic amines) is 2. The Labute approximate surface area is 179 Å². The van der Waals surface area contributed by atoms with Crippen LogP contribution in [-0.4, -0.2) is 60.6 Å². The Hall–Kier alpha value is -2.04. The van der Waals surface area contributed by atoms with Crippen molar-refractivity contribution in [3.63, 3.8) is 0 Å². The van der Waals surface area contributed by atoms with E-state index in [4.69, 9.17) is 0 Å². The predicted molar refractivity (Wildman–Crippen MR) is 121 cm³/mol. The molecule has 3 aliphatic rings. The van der Waals surface area contributed by atoms with E-state index in [9.17, 15) is 9.59 Å². The maximum atomic E-state index is 13.1. The Bertz CT molecular complexity index is 969. The Morgan fingerprint density at radius 1 is 0.667 bits per heavy atom. The standard InChI is InChI=1S/C26H32N2O2/c29-24(17-27-13-3-1-4-14-27)20-9-7-19-8-10-22-21(11-12-23(20)26(19)22)25(30)18-28-15-5-2-6-16-28/h7,9,11-12H,1-6,8,10,13-18H2. The van der Waals surface area contributed by atoms with Crippen LogP contribution < -0.4 is 0 Å². The normalized spacial score (nSPS) is 20.0. The van der Waals surface area contributed by atoms with E-state index in [1.165, 1.54) is 55.0 Å². The van der Waals surface area contributed by atoms with E-state index in [1.807, 2.05) is 18.2 Å². The largest absolute Gasteiger partial charge is 0.296 e. The third kappa shape index (κ3) is 3.83. The summed E-state index contributed by atoms with van der Waals surface area (Å²) in [5.74, 6) is 0.459. The molecule has 0 unspecified atom stereocenters. The Kier molecular flexibility index (Phi) is 5.70. The molecule has 158 valence electrons. The second-order valence-electron chi connectivity index (χ2n) is 9.31. The molecule has 2 aromatic rings. The van der Waals surface area contributed by atoms with Gasteiger partial charge in [0.05, 0.1) is 13.1 Å². The SMILES string of the molecule is O=C(CN1CCCCC1)c1ccc2c(C(=O)CN3CCCCC3)ccc3c2c1CC3. The van der Waals surface area contributed by atoms with Gasteiger partial charge in [-0.2, -0.15) is 0 Å². The molecule has 0 N–H and O–H groups in total. The van der Waals surface area contributed by atoms with Crippen molar-refractivity contribution in [2.45, 2.75) is 51.4 Å². The highest BCUT2D eigenvalue weighted by atomic mass is 16.1. The van der Waals surface area contributed by atoms with Gasteiger partial charge in [0.15, 0.2) is 11.6 Å². The number of piperidine rings is 2. The smallest absolute Gasteiger partial charge is 0.177 e. The number of carbonyl (C=O) groups excluding carboxylic acids is 2. The average Bonchev–Trinajstić information content (AvgIpc) is 3.21. The number of nitrogens with zero attached hydrogens (tertiary/aromatic N) is 2. The number of aryl methyl sites for hydroxylation is 2. The third-order valence-corrected chi connectivity index (χ3v) is 7.25. The summed E-state index contributed by atoms with van der Waals surface area (Å²) >= 11 is 0. The highest BCUT2D eigenvalue weighted by Crippen LogP contribution is 2.35. The summed E-state index contributed by atoms with van der Waals surface area (Å²) < 4.78 is 0. The first-order valence-electron chi connectivity index (χ1n) is 11.8. The van der Waals surface area contributed by atoms with Gasteiger partial charge in [-0.25, -0.2) is 0 Å². The van der Waals surface area contributed by atoms with E-state index in [0.717, 1.165) is 55.5 Å². The first-order valence-corrected chi connectivity index (χ1v) is 11.8. The molecule has 0 atom stereocenters. The molecule has 0 amide bonds. The summed E-state index contributed by atoms with van der Waals surface area (Å²) in [6, 6.07) is 8.19. The van der Waals surface area contributed by atoms with Crippen LogP contribution in [0.4, 0.5) is 0 Å². The number of carbonyl (C=O) groups is 2. The lowest BCUT2D eigenvalue weighted by atomic mass is 9.93. The lowest BCUT2D eigenvalue weighted by molar-refractivity contribution is 0.0909. The second-order valence-corrected chi connectivity index (χ2v) is 9.31. The number of benzene rings is 2. The van der Waals surface area contributed by atoms with Crippen molar-refractivity contribution in [3.8, 4) is 0 Å². The minimum absolute atomic E-state index is 0.216. The van der Waals surface area contributed by atoms with Gasteiger partial charge in [-0.1, -0.05) is 37.1 Å². The average molecular weight is 405 g/mol. The van der Waals surface area contributed by atoms with Crippen LogP contribution in [0.15, 0.2) is 24.3 Å². The fourth-order valence-electron chi connectivity index (χ4n) is 5.64. The molecule has 5 rings (SSSR count). The second kappa shape index (κ2) is 8.60. The number of rotatable bonds is 6. The number of Topliss-reactive ketones (excluding diaryl/α,β-unsaturated/α-hetero) is 2. The zero-order chi connectivity index (χ0) is 20.5. The molecule has 2 heterocycles. The van der Waals surface area contributed by atoms with Crippen molar-refractivity contribution >= 4 is 22.3 Å². The van der Waals surface area contributed by atoms with Gasteiger partial charge in [0.1, 0.15) is 0 Å². The van der Waals surface area contributed by atoms with Gasteiger partial charge < -0.3 is 0 Å². The minimum Gasteiger partial charge on any atom is -0.296 e. The highest BCUT2D eigenvalue weighted by Gasteiger charge is 2.25. The molecular weight excluding hydrogens is 372 g/mol. The molecule has 0 radical (unpaired) electrons. The first-order chi connectivity index (χ1) is 14.7. The van der Waals surface area contributed by atoms with Crippen LogP contribution in [0.5, 0.6) is 0 Å². The zero-order valence-corrected chi connectivity index (χ0v) is 17.9. The van der Waals surface area contributed by atoms with Crippen molar-refractivity contribution < 1.29 is 9.59 Å². The quantitative estimate of drug-likeness (QED) is 0.674. The predicted octanol–water partition coefficient (Wildman–Crippen LogP) is 4.28. The van der Waals surface area contributed by atoms with Crippen LogP contribution >= 0.6 is 0 Å². The van der Waals surface area contributed by atoms with E-state index >= 15 is 0 Å². The van der Waals surface area contributed by atoms with Crippen molar-refractivity contribution in [2.75, 3.05) is 39.3 Å². The van der Waals surface area contributed by atoms with Crippen molar-refractivity contribution in [1.82, 2.24) is 9.80 Å². The minimum atomic E-state index is 0.216. The molecule has 1 aliphatic carbocycles. The summed E-state index contributed by atoms with van der Waals surface area (Å²) in [5, 5.41) is 2.24. The highest BCUT2D eigenvalue weighted by molar-refractivity contribution is 6.13. The molecule has 2 fully saturated rings. The van der Waals surface area contributed by atoms with Crippen LogP contribution in [0, 0.1) is 0 Å². The van der Waals surface area contributed by atoms with Gasteiger partial charge in [0.2, 0.25) is 0 Å². The maximum Gasteiger partial charge on any atom is 0.177 e. The molecule has 30 heavy (non-hydrogen) atoms. The van der Waals surface area contributed by atoms with Gasteiger partial charge in [0, 0.05) is 11.1 Å². The Morgan fingerprint density at radius 3 is 1.87 bits per heavy atom. The molecule has 0 saturated carbocycles. The summed E-state index contributed by atoms with van der Waals surface area (Å²) in [4.78, 5) is 30.9. The Morgan fingerprint density at radius 2 is 1.23 bits per heavy atom. The van der Waals surface area contributed by atoms with Gasteiger partial charge in [-0.15, -0.1) is 0 Å². The lowest BCUT2D eigenvalue weighted by Crippen LogP contribution is -2.34. The van der Waals surface area contributed by atoms with Crippen LogP contribution in [0.3, 0.4) is 0 Å². The summed E-state index contributed by atoms with van der Waals surface area (Å²) in [5.41, 5.74) is 4.18. The van der Waals surface area contributed by atoms with Gasteiger partial charge in [0.25, 0.3) is 0 Å². The molecule has 2 saturated heterocycles. The monoisotopic (exact) mass is 404 g/mol. The molecule has 0 spiro atoms. The molecule has 0 aromatic heterocycles. The lowest BCUT2D eigenvalue weighted by Gasteiger charge is -2.26. The fourth-order valence-corrected chi connectivity index (χ4v) is 5.64. The zero-order valence-electron chi connectivity index (χ0n) is 17.9. The van der Waals surface area contributed by atoms with E-state index < -0.39 is 0 Å². The van der Waals surface area contributed by atoms with E-state index in [2.05, 4.69) is 15.9 Å². The number of hydrogen-bond donors (Lipinski definition) is 0. The van der Waals surface area contributed by atoms with Crippen molar-refractivity contribution in [1.29, 1.82) is 0 Å². The summed E-state index contributed by atoms with van der Waals surface area (Å²) in [7, 11) is 0. The molecule has 2 aliphatic heterocycles. The third-order valence-electron chi connectivity index (χ3n) is 7.25. The van der Waals surface area contributed by atoms with Crippen molar-refractivity contribution in [2.24, 2.45) is 0 Å². The van der Waals surface area contributed by atoms with Gasteiger partial charge in [-0.05, 0) is 86.6 Å². The molecule has 0 bridgehead atoms. The van der Waals surface area contributed by atoms with Crippen LogP contribution in [-0.2, 0) is 12.8 Å². The molecular formula is C26H32N2O2. The fraction of sp³-hybridized carbons (Fsp3) is 0.538. The van der Waals surface area contributed by atoms with Crippen molar-refractivity contribution in [3.05, 3.63) is 46.5 Å². The number of ketones is 2. The van der Waals surface area contributed by atoms with Crippen LogP contribution in [0.25, 0.3) is 10.8 Å². The summed E-state index contributed by atoms with van der Waals surface area (Å²) in [6.07, 6.45) is 9.23. The molecule has 4 nitrogen and oxygen atoms in total.